The number of ether oxygens (including phenoxy) is 2. The van der Waals surface area contributed by atoms with Gasteiger partial charge in [0, 0.05) is 28.4 Å². The van der Waals surface area contributed by atoms with E-state index in [1.54, 1.807) is 62.9 Å². The van der Waals surface area contributed by atoms with E-state index < -0.39 is 17.5 Å². The fraction of sp³-hybridized carbons (Fsp3) is 0.182. The monoisotopic (exact) mass is 421 g/mol. The molecule has 31 heavy (non-hydrogen) atoms. The van der Waals surface area contributed by atoms with Crippen LogP contribution in [-0.4, -0.2) is 35.8 Å². The normalized spacial score (nSPS) is 18.4. The van der Waals surface area contributed by atoms with Crippen molar-refractivity contribution < 1.29 is 28.6 Å². The average Bonchev–Trinajstić information content (AvgIpc) is 3.41. The van der Waals surface area contributed by atoms with Crippen LogP contribution in [-0.2, 0) is 16.9 Å². The number of urea groups is 1. The number of nitrogens with one attached hydrogen (secondary N) is 2. The van der Waals surface area contributed by atoms with Gasteiger partial charge in [0.25, 0.3) is 5.91 Å². The van der Waals surface area contributed by atoms with Gasteiger partial charge < -0.3 is 28.9 Å². The molecule has 9 nitrogen and oxygen atoms in total. The molecule has 9 heteroatoms. The standard InChI is InChI=1S/C22H19N3O6/c1-29-14-6-4-13-10-25(19(26)16(13)8-14)11-22(20(27)23-21(28)24-22)18-7-12-3-5-15(30-2)9-17(12)31-18/h3-10,26H,11H2,1-2H3,(H2,23,24,27,28)/t22-/m0/s1. The number of carbonyl (C=O) groups excluding carboxylic acids is 2. The van der Waals surface area contributed by atoms with Crippen molar-refractivity contribution in [1.29, 1.82) is 0 Å². The van der Waals surface area contributed by atoms with Crippen LogP contribution in [0, 0.1) is 0 Å². The first kappa shape index (κ1) is 18.9. The zero-order chi connectivity index (χ0) is 21.8. The molecular formula is C22H19N3O6. The van der Waals surface area contributed by atoms with E-state index in [2.05, 4.69) is 10.6 Å². The van der Waals surface area contributed by atoms with Crippen molar-refractivity contribution >= 4 is 33.7 Å². The third-order valence-electron chi connectivity index (χ3n) is 5.57. The topological polar surface area (TPSA) is 115 Å². The Balaban J connectivity index is 1.64. The summed E-state index contributed by atoms with van der Waals surface area (Å²) in [4.78, 5) is 25.0. The molecule has 1 aliphatic rings. The van der Waals surface area contributed by atoms with Crippen molar-refractivity contribution in [3.63, 3.8) is 0 Å². The fourth-order valence-corrected chi connectivity index (χ4v) is 3.93. The van der Waals surface area contributed by atoms with Gasteiger partial charge in [-0.05, 0) is 36.4 Å². The number of rotatable bonds is 5. The highest BCUT2D eigenvalue weighted by molar-refractivity contribution is 6.07. The van der Waals surface area contributed by atoms with Crippen LogP contribution in [0.4, 0.5) is 4.79 Å². The smallest absolute Gasteiger partial charge is 0.322 e. The number of aromatic hydroxyl groups is 1. The number of carbonyl (C=O) groups is 2. The third-order valence-corrected chi connectivity index (χ3v) is 5.57. The van der Waals surface area contributed by atoms with Gasteiger partial charge >= 0.3 is 6.03 Å². The van der Waals surface area contributed by atoms with Gasteiger partial charge in [0.15, 0.2) is 11.4 Å². The molecule has 1 saturated heterocycles. The maximum atomic E-state index is 12.9. The Hall–Kier alpha value is -4.14. The molecule has 0 bridgehead atoms. The number of benzene rings is 2. The zero-order valence-electron chi connectivity index (χ0n) is 16.8. The van der Waals surface area contributed by atoms with Gasteiger partial charge in [0.1, 0.15) is 22.8 Å². The number of hydrogen-bond donors (Lipinski definition) is 3. The van der Waals surface area contributed by atoms with Gasteiger partial charge in [0.2, 0.25) is 0 Å². The van der Waals surface area contributed by atoms with Crippen molar-refractivity contribution in [2.45, 2.75) is 12.1 Å². The summed E-state index contributed by atoms with van der Waals surface area (Å²) in [6.45, 7) is -0.0790. The SMILES string of the molecule is COc1ccc2cc([C@]3(Cn4cc5ccc(OC)cc5c4O)NC(=O)NC3=O)oc2c1. The Morgan fingerprint density at radius 1 is 1.03 bits per heavy atom. The van der Waals surface area contributed by atoms with Gasteiger partial charge in [-0.3, -0.25) is 10.1 Å². The molecule has 2 aromatic carbocycles. The highest BCUT2D eigenvalue weighted by atomic mass is 16.5. The van der Waals surface area contributed by atoms with Crippen LogP contribution in [0.1, 0.15) is 5.76 Å². The lowest BCUT2D eigenvalue weighted by atomic mass is 9.96. The molecule has 1 fully saturated rings. The second-order valence-electron chi connectivity index (χ2n) is 7.36. The van der Waals surface area contributed by atoms with Crippen molar-refractivity contribution in [1.82, 2.24) is 15.2 Å². The van der Waals surface area contributed by atoms with Crippen molar-refractivity contribution in [2.24, 2.45) is 0 Å². The highest BCUT2D eigenvalue weighted by Crippen LogP contribution is 2.37. The van der Waals surface area contributed by atoms with Crippen molar-refractivity contribution in [2.75, 3.05) is 14.2 Å². The molecule has 2 aromatic heterocycles. The number of methoxy groups -OCH3 is 2. The molecular weight excluding hydrogens is 402 g/mol. The number of nitrogens with zero attached hydrogens (tertiary/aromatic N) is 1. The molecule has 3 amide bonds. The number of hydrogen-bond acceptors (Lipinski definition) is 6. The first-order valence-corrected chi connectivity index (χ1v) is 9.51. The van der Waals surface area contributed by atoms with E-state index in [1.165, 1.54) is 4.57 Å². The second kappa shape index (κ2) is 6.69. The Morgan fingerprint density at radius 3 is 2.42 bits per heavy atom. The van der Waals surface area contributed by atoms with Crippen molar-refractivity contribution in [3.8, 4) is 17.4 Å². The van der Waals surface area contributed by atoms with Crippen LogP contribution in [0.5, 0.6) is 17.4 Å². The zero-order valence-corrected chi connectivity index (χ0v) is 16.8. The first-order chi connectivity index (χ1) is 14.9. The van der Waals surface area contributed by atoms with Crippen LogP contribution >= 0.6 is 0 Å². The molecule has 1 atom stereocenters. The Kier molecular flexibility index (Phi) is 4.07. The summed E-state index contributed by atoms with van der Waals surface area (Å²) >= 11 is 0. The Morgan fingerprint density at radius 2 is 1.74 bits per heavy atom. The minimum atomic E-state index is -1.54. The summed E-state index contributed by atoms with van der Waals surface area (Å²) in [7, 11) is 3.09. The summed E-state index contributed by atoms with van der Waals surface area (Å²) in [5, 5.41) is 17.8. The van der Waals surface area contributed by atoms with E-state index in [4.69, 9.17) is 13.9 Å². The Labute approximate surface area is 176 Å². The van der Waals surface area contributed by atoms with E-state index in [9.17, 15) is 14.7 Å². The van der Waals surface area contributed by atoms with Crippen LogP contribution in [0.25, 0.3) is 21.7 Å². The fourth-order valence-electron chi connectivity index (χ4n) is 3.93. The van der Waals surface area contributed by atoms with Crippen molar-refractivity contribution in [3.05, 3.63) is 54.4 Å². The van der Waals surface area contributed by atoms with Crippen LogP contribution in [0.2, 0.25) is 0 Å². The molecule has 4 aromatic rings. The van der Waals surface area contributed by atoms with Gasteiger partial charge in [-0.2, -0.15) is 0 Å². The van der Waals surface area contributed by atoms with E-state index in [-0.39, 0.29) is 18.2 Å². The minimum Gasteiger partial charge on any atom is -0.497 e. The second-order valence-corrected chi connectivity index (χ2v) is 7.36. The number of fused-ring (bicyclic) bond motifs is 2. The molecule has 3 heterocycles. The van der Waals surface area contributed by atoms with Gasteiger partial charge in [-0.15, -0.1) is 0 Å². The summed E-state index contributed by atoms with van der Waals surface area (Å²) in [5.74, 6) is 0.811. The number of imide groups is 1. The molecule has 1 aliphatic heterocycles. The number of amides is 3. The predicted octanol–water partition coefficient (Wildman–Crippen LogP) is 2.85. The van der Waals surface area contributed by atoms with Crippen LogP contribution in [0.3, 0.4) is 0 Å². The maximum absolute atomic E-state index is 12.9. The van der Waals surface area contributed by atoms with Crippen LogP contribution < -0.4 is 20.1 Å². The molecule has 0 radical (unpaired) electrons. The number of aromatic nitrogens is 1. The minimum absolute atomic E-state index is 0.0556. The number of furan rings is 1. The molecule has 158 valence electrons. The molecule has 3 N–H and O–H groups in total. The lowest BCUT2D eigenvalue weighted by Crippen LogP contribution is -2.47. The van der Waals surface area contributed by atoms with E-state index >= 15 is 0 Å². The molecule has 0 saturated carbocycles. The lowest BCUT2D eigenvalue weighted by Gasteiger charge is -2.24. The van der Waals surface area contributed by atoms with E-state index in [0.29, 0.717) is 22.5 Å². The molecule has 0 unspecified atom stereocenters. The average molecular weight is 421 g/mol. The van der Waals surface area contributed by atoms with Crippen LogP contribution in [0.15, 0.2) is 53.1 Å². The maximum Gasteiger partial charge on any atom is 0.322 e. The largest absolute Gasteiger partial charge is 0.497 e. The Bertz CT molecular complexity index is 1350. The first-order valence-electron chi connectivity index (χ1n) is 9.51. The molecule has 5 rings (SSSR count). The van der Waals surface area contributed by atoms with Gasteiger partial charge in [-0.1, -0.05) is 0 Å². The predicted molar refractivity (Wildman–Crippen MR) is 111 cm³/mol. The quantitative estimate of drug-likeness (QED) is 0.427. The highest BCUT2D eigenvalue weighted by Gasteiger charge is 2.51. The lowest BCUT2D eigenvalue weighted by molar-refractivity contribution is -0.125. The van der Waals surface area contributed by atoms with Gasteiger partial charge in [-0.25, -0.2) is 4.79 Å². The summed E-state index contributed by atoms with van der Waals surface area (Å²) < 4.78 is 17.9. The third kappa shape index (κ3) is 2.85. The molecule has 0 spiro atoms. The van der Waals surface area contributed by atoms with E-state index in [0.717, 1.165) is 10.8 Å². The summed E-state index contributed by atoms with van der Waals surface area (Å²) in [5.41, 5.74) is -1.03. The molecule has 0 aliphatic carbocycles. The summed E-state index contributed by atoms with van der Waals surface area (Å²) in [6, 6.07) is 11.6. The van der Waals surface area contributed by atoms with Gasteiger partial charge in [0.05, 0.1) is 20.8 Å². The summed E-state index contributed by atoms with van der Waals surface area (Å²) in [6.07, 6.45) is 1.70. The van der Waals surface area contributed by atoms with E-state index in [1.807, 2.05) is 0 Å².